The van der Waals surface area contributed by atoms with E-state index >= 15 is 0 Å². The van der Waals surface area contributed by atoms with Gasteiger partial charge in [-0.1, -0.05) is 18.5 Å². The maximum Gasteiger partial charge on any atom is 0.270 e. The second-order valence-electron chi connectivity index (χ2n) is 5.37. The highest BCUT2D eigenvalue weighted by atomic mass is 35.5. The van der Waals surface area contributed by atoms with Crippen LogP contribution in [0.2, 0.25) is 5.02 Å². The van der Waals surface area contributed by atoms with Gasteiger partial charge in [0, 0.05) is 31.9 Å². The smallest absolute Gasteiger partial charge is 0.270 e. The maximum absolute atomic E-state index is 12.7. The van der Waals surface area contributed by atoms with E-state index in [1.165, 1.54) is 6.42 Å². The summed E-state index contributed by atoms with van der Waals surface area (Å²) in [7, 11) is 0. The summed E-state index contributed by atoms with van der Waals surface area (Å²) in [5.41, 5.74) is 0.705. The van der Waals surface area contributed by atoms with Crippen molar-refractivity contribution in [2.45, 2.75) is 45.7 Å². The topological polar surface area (TPSA) is 37.3 Å². The van der Waals surface area contributed by atoms with Crippen molar-refractivity contribution >= 4 is 17.5 Å². The minimum atomic E-state index is 0.0848. The van der Waals surface area contributed by atoms with E-state index in [-0.39, 0.29) is 5.91 Å². The molecule has 112 valence electrons. The second kappa shape index (κ2) is 7.14. The first-order valence-electron chi connectivity index (χ1n) is 7.54. The summed E-state index contributed by atoms with van der Waals surface area (Å²) in [5, 5.41) is 4.08. The van der Waals surface area contributed by atoms with Crippen LogP contribution in [-0.2, 0) is 6.54 Å². The van der Waals surface area contributed by atoms with Crippen LogP contribution >= 0.6 is 11.6 Å². The molecule has 1 aliphatic rings. The van der Waals surface area contributed by atoms with Gasteiger partial charge in [0.05, 0.1) is 5.02 Å². The first kappa shape index (κ1) is 15.4. The van der Waals surface area contributed by atoms with Gasteiger partial charge in [0.2, 0.25) is 0 Å². The molecule has 4 nitrogen and oxygen atoms in total. The number of carbonyl (C=O) groups excluding carboxylic acids is 1. The van der Waals surface area contributed by atoms with Crippen LogP contribution in [0.5, 0.6) is 0 Å². The summed E-state index contributed by atoms with van der Waals surface area (Å²) in [6, 6.07) is 2.22. The fraction of sp³-hybridized carbons (Fsp3) is 0.667. The molecule has 20 heavy (non-hydrogen) atoms. The Morgan fingerprint density at radius 3 is 2.95 bits per heavy atom. The number of hydrogen-bond donors (Lipinski definition) is 1. The summed E-state index contributed by atoms with van der Waals surface area (Å²) in [6.07, 6.45) is 5.19. The predicted octanol–water partition coefficient (Wildman–Crippen LogP) is 2.77. The molecule has 1 saturated heterocycles. The molecule has 0 radical (unpaired) electrons. The SMILES string of the molecule is CCCn1cc(Cl)cc1C(=O)N(CC)CC1CCCN1. The Morgan fingerprint density at radius 1 is 1.55 bits per heavy atom. The number of aryl methyl sites for hydroxylation is 1. The van der Waals surface area contributed by atoms with Crippen LogP contribution in [0.4, 0.5) is 0 Å². The monoisotopic (exact) mass is 297 g/mol. The van der Waals surface area contributed by atoms with Crippen molar-refractivity contribution in [1.29, 1.82) is 0 Å². The molecule has 0 aromatic carbocycles. The number of nitrogens with zero attached hydrogens (tertiary/aromatic N) is 2. The number of nitrogens with one attached hydrogen (secondary N) is 1. The van der Waals surface area contributed by atoms with Gasteiger partial charge in [0.25, 0.3) is 5.91 Å². The van der Waals surface area contributed by atoms with Crippen molar-refractivity contribution in [3.63, 3.8) is 0 Å². The Morgan fingerprint density at radius 2 is 2.35 bits per heavy atom. The van der Waals surface area contributed by atoms with E-state index in [1.807, 2.05) is 22.6 Å². The molecule has 2 rings (SSSR count). The molecule has 2 heterocycles. The molecule has 1 fully saturated rings. The zero-order valence-electron chi connectivity index (χ0n) is 12.4. The summed E-state index contributed by atoms with van der Waals surface area (Å²) in [5.74, 6) is 0.0848. The lowest BCUT2D eigenvalue weighted by Crippen LogP contribution is -2.41. The van der Waals surface area contributed by atoms with Crippen LogP contribution in [0.3, 0.4) is 0 Å². The molecule has 1 aromatic rings. The summed E-state index contributed by atoms with van der Waals surface area (Å²) >= 11 is 6.06. The molecular weight excluding hydrogens is 274 g/mol. The van der Waals surface area contributed by atoms with Gasteiger partial charge in [-0.05, 0) is 38.8 Å². The Labute approximate surface area is 126 Å². The molecular formula is C15H24ClN3O. The van der Waals surface area contributed by atoms with Gasteiger partial charge >= 0.3 is 0 Å². The van der Waals surface area contributed by atoms with Gasteiger partial charge in [-0.3, -0.25) is 4.79 Å². The number of likely N-dealkylation sites (N-methyl/N-ethyl adjacent to an activating group) is 1. The molecule has 1 aromatic heterocycles. The molecule has 0 saturated carbocycles. The first-order chi connectivity index (χ1) is 9.65. The highest BCUT2D eigenvalue weighted by Gasteiger charge is 2.23. The number of rotatable bonds is 6. The van der Waals surface area contributed by atoms with E-state index in [1.54, 1.807) is 6.07 Å². The fourth-order valence-electron chi connectivity index (χ4n) is 2.78. The van der Waals surface area contributed by atoms with Crippen molar-refractivity contribution < 1.29 is 4.79 Å². The third kappa shape index (κ3) is 3.55. The van der Waals surface area contributed by atoms with Crippen molar-refractivity contribution in [2.24, 2.45) is 0 Å². The Bertz CT molecular complexity index is 452. The molecule has 1 N–H and O–H groups in total. The average molecular weight is 298 g/mol. The average Bonchev–Trinajstić information content (AvgIpc) is 3.05. The predicted molar refractivity (Wildman–Crippen MR) is 82.3 cm³/mol. The Balaban J connectivity index is 2.10. The minimum Gasteiger partial charge on any atom is -0.342 e. The van der Waals surface area contributed by atoms with Gasteiger partial charge in [0.15, 0.2) is 0 Å². The number of carbonyl (C=O) groups is 1. The van der Waals surface area contributed by atoms with E-state index in [0.717, 1.165) is 39.0 Å². The highest BCUT2D eigenvalue weighted by Crippen LogP contribution is 2.17. The molecule has 1 atom stereocenters. The van der Waals surface area contributed by atoms with Crippen molar-refractivity contribution in [1.82, 2.24) is 14.8 Å². The lowest BCUT2D eigenvalue weighted by Gasteiger charge is -2.25. The van der Waals surface area contributed by atoms with E-state index < -0.39 is 0 Å². The van der Waals surface area contributed by atoms with Gasteiger partial charge in [-0.15, -0.1) is 0 Å². The molecule has 0 spiro atoms. The van der Waals surface area contributed by atoms with E-state index in [0.29, 0.717) is 16.8 Å². The summed E-state index contributed by atoms with van der Waals surface area (Å²) < 4.78 is 1.97. The first-order valence-corrected chi connectivity index (χ1v) is 7.91. The van der Waals surface area contributed by atoms with Crippen molar-refractivity contribution in [3.8, 4) is 0 Å². The Hall–Kier alpha value is -1.00. The van der Waals surface area contributed by atoms with E-state index in [2.05, 4.69) is 12.2 Å². The fourth-order valence-corrected chi connectivity index (χ4v) is 3.00. The van der Waals surface area contributed by atoms with Crippen LogP contribution in [0, 0.1) is 0 Å². The zero-order chi connectivity index (χ0) is 14.5. The highest BCUT2D eigenvalue weighted by molar-refractivity contribution is 6.31. The normalized spacial score (nSPS) is 18.4. The van der Waals surface area contributed by atoms with Crippen LogP contribution in [0.25, 0.3) is 0 Å². The minimum absolute atomic E-state index is 0.0848. The number of amides is 1. The van der Waals surface area contributed by atoms with Crippen LogP contribution in [0.1, 0.15) is 43.6 Å². The third-order valence-corrected chi connectivity index (χ3v) is 4.03. The lowest BCUT2D eigenvalue weighted by molar-refractivity contribution is 0.0740. The largest absolute Gasteiger partial charge is 0.342 e. The van der Waals surface area contributed by atoms with Crippen molar-refractivity contribution in [2.75, 3.05) is 19.6 Å². The van der Waals surface area contributed by atoms with Crippen LogP contribution in [-0.4, -0.2) is 41.1 Å². The van der Waals surface area contributed by atoms with Crippen molar-refractivity contribution in [3.05, 3.63) is 23.0 Å². The van der Waals surface area contributed by atoms with Gasteiger partial charge in [-0.25, -0.2) is 0 Å². The second-order valence-corrected chi connectivity index (χ2v) is 5.81. The third-order valence-electron chi connectivity index (χ3n) is 3.82. The number of halogens is 1. The lowest BCUT2D eigenvalue weighted by atomic mass is 10.2. The molecule has 0 bridgehead atoms. The van der Waals surface area contributed by atoms with E-state index in [4.69, 9.17) is 11.6 Å². The standard InChI is InChI=1S/C15H24ClN3O/c1-3-8-19-10-12(16)9-14(19)15(20)18(4-2)11-13-6-5-7-17-13/h9-10,13,17H,3-8,11H2,1-2H3. The zero-order valence-corrected chi connectivity index (χ0v) is 13.1. The molecule has 1 aliphatic heterocycles. The van der Waals surface area contributed by atoms with Crippen LogP contribution in [0.15, 0.2) is 12.3 Å². The summed E-state index contributed by atoms with van der Waals surface area (Å²) in [6.45, 7) is 7.53. The summed E-state index contributed by atoms with van der Waals surface area (Å²) in [4.78, 5) is 14.6. The molecule has 1 amide bonds. The maximum atomic E-state index is 12.7. The molecule has 1 unspecified atom stereocenters. The molecule has 5 heteroatoms. The number of hydrogen-bond acceptors (Lipinski definition) is 2. The van der Waals surface area contributed by atoms with Crippen LogP contribution < -0.4 is 5.32 Å². The Kier molecular flexibility index (Phi) is 5.49. The van der Waals surface area contributed by atoms with Gasteiger partial charge < -0.3 is 14.8 Å². The van der Waals surface area contributed by atoms with E-state index in [9.17, 15) is 4.79 Å². The van der Waals surface area contributed by atoms with Gasteiger partial charge in [-0.2, -0.15) is 0 Å². The quantitative estimate of drug-likeness (QED) is 0.877. The molecule has 0 aliphatic carbocycles. The number of aromatic nitrogens is 1. The van der Waals surface area contributed by atoms with Gasteiger partial charge in [0.1, 0.15) is 5.69 Å².